The number of fused-ring (bicyclic) bond motifs is 1. The van der Waals surface area contributed by atoms with Crippen LogP contribution in [-0.4, -0.2) is 50.7 Å². The first-order chi connectivity index (χ1) is 17.9. The van der Waals surface area contributed by atoms with E-state index in [9.17, 15) is 9.59 Å². The molecular weight excluding hydrogens is 470 g/mol. The van der Waals surface area contributed by atoms with Crippen LogP contribution in [0.1, 0.15) is 41.3 Å². The Kier molecular flexibility index (Phi) is 6.80. The number of urea groups is 1. The quantitative estimate of drug-likeness (QED) is 0.352. The highest BCUT2D eigenvalue weighted by Gasteiger charge is 2.25. The van der Waals surface area contributed by atoms with Crippen LogP contribution in [0, 0.1) is 6.92 Å². The summed E-state index contributed by atoms with van der Waals surface area (Å²) in [5.41, 5.74) is 11.4. The van der Waals surface area contributed by atoms with Crippen molar-refractivity contribution in [2.45, 2.75) is 45.8 Å². The number of rotatable bonds is 7. The van der Waals surface area contributed by atoms with Crippen molar-refractivity contribution in [3.8, 4) is 11.1 Å². The number of aryl methyl sites for hydroxylation is 2. The summed E-state index contributed by atoms with van der Waals surface area (Å²) in [5, 5.41) is 11.9. The van der Waals surface area contributed by atoms with Crippen molar-refractivity contribution in [3.05, 3.63) is 65.9 Å². The Morgan fingerprint density at radius 1 is 1.19 bits per heavy atom. The molecule has 3 amide bonds. The lowest BCUT2D eigenvalue weighted by Gasteiger charge is -2.32. The molecule has 10 nitrogen and oxygen atoms in total. The third kappa shape index (κ3) is 5.00. The van der Waals surface area contributed by atoms with Crippen molar-refractivity contribution in [2.75, 3.05) is 18.4 Å². The molecule has 4 aromatic rings. The Morgan fingerprint density at radius 3 is 2.70 bits per heavy atom. The lowest BCUT2D eigenvalue weighted by atomic mass is 9.99. The number of nitrogens with zero attached hydrogens (tertiary/aromatic N) is 4. The van der Waals surface area contributed by atoms with Crippen LogP contribution in [0.3, 0.4) is 0 Å². The summed E-state index contributed by atoms with van der Waals surface area (Å²) in [4.78, 5) is 31.2. The van der Waals surface area contributed by atoms with Gasteiger partial charge in [-0.15, -0.1) is 0 Å². The topological polar surface area (TPSA) is 131 Å². The van der Waals surface area contributed by atoms with Crippen molar-refractivity contribution >= 4 is 28.7 Å². The van der Waals surface area contributed by atoms with Gasteiger partial charge >= 0.3 is 6.03 Å². The largest absolute Gasteiger partial charge is 0.472 e. The number of nitrogens with one attached hydrogen (secondary N) is 2. The summed E-state index contributed by atoms with van der Waals surface area (Å²) in [6.45, 7) is 6.20. The first-order valence-corrected chi connectivity index (χ1v) is 12.5. The number of carbonyl (C=O) groups is 2. The molecule has 4 heterocycles. The fourth-order valence-electron chi connectivity index (χ4n) is 4.84. The Bertz CT molecular complexity index is 1420. The zero-order valence-electron chi connectivity index (χ0n) is 21.0. The van der Waals surface area contributed by atoms with Gasteiger partial charge in [0.25, 0.3) is 5.91 Å². The number of carbonyl (C=O) groups excluding carboxylic acids is 2. The van der Waals surface area contributed by atoms with Gasteiger partial charge in [0.05, 0.1) is 35.4 Å². The van der Waals surface area contributed by atoms with E-state index in [0.29, 0.717) is 37.4 Å². The lowest BCUT2D eigenvalue weighted by molar-refractivity contribution is 0.0951. The van der Waals surface area contributed by atoms with Gasteiger partial charge in [-0.3, -0.25) is 4.79 Å². The molecule has 5 rings (SSSR count). The molecule has 1 aliphatic heterocycles. The number of primary amides is 1. The van der Waals surface area contributed by atoms with Gasteiger partial charge in [-0.05, 0) is 43.9 Å². The number of likely N-dealkylation sites (tertiary alicyclic amines) is 1. The Labute approximate surface area is 214 Å². The zero-order chi connectivity index (χ0) is 25.9. The van der Waals surface area contributed by atoms with Crippen molar-refractivity contribution < 1.29 is 14.0 Å². The van der Waals surface area contributed by atoms with Gasteiger partial charge in [0.15, 0.2) is 5.65 Å². The number of furan rings is 1. The van der Waals surface area contributed by atoms with Crippen LogP contribution >= 0.6 is 0 Å². The zero-order valence-corrected chi connectivity index (χ0v) is 21.0. The van der Waals surface area contributed by atoms with Gasteiger partial charge < -0.3 is 25.7 Å². The summed E-state index contributed by atoms with van der Waals surface area (Å²) in [6.07, 6.45) is 8.16. The molecule has 37 heavy (non-hydrogen) atoms. The molecule has 1 fully saturated rings. The minimum Gasteiger partial charge on any atom is -0.472 e. The maximum absolute atomic E-state index is 13.5. The Balaban J connectivity index is 1.41. The molecule has 4 N–H and O–H groups in total. The SMILES string of the molecule is CCn1ncc2c(NC3CCN(C(N)=O)CC3)c(C(=O)NCc3ccc(C)cc3-c3ccoc3)cnc21. The van der Waals surface area contributed by atoms with Crippen molar-refractivity contribution in [3.63, 3.8) is 0 Å². The average Bonchev–Trinajstić information content (AvgIpc) is 3.58. The summed E-state index contributed by atoms with van der Waals surface area (Å²) < 4.78 is 7.08. The molecule has 1 saturated heterocycles. The molecule has 0 radical (unpaired) electrons. The number of amides is 3. The standard InChI is InChI=1S/C27H31N7O3/c1-3-34-25-22(15-31-34)24(32-20-6-9-33(10-7-20)27(28)36)23(14-29-25)26(35)30-13-18-5-4-17(2)12-21(18)19-8-11-37-16-19/h4-5,8,11-12,14-16,20H,3,6-7,9-10,13H2,1-2H3,(H2,28,36)(H,29,32)(H,30,35). The van der Waals surface area contributed by atoms with E-state index in [4.69, 9.17) is 10.2 Å². The predicted molar refractivity (Wildman–Crippen MR) is 141 cm³/mol. The van der Waals surface area contributed by atoms with Gasteiger partial charge in [0, 0.05) is 44.0 Å². The maximum Gasteiger partial charge on any atom is 0.314 e. The number of pyridine rings is 1. The van der Waals surface area contributed by atoms with E-state index in [2.05, 4.69) is 26.8 Å². The fourth-order valence-corrected chi connectivity index (χ4v) is 4.84. The normalized spacial score (nSPS) is 14.2. The summed E-state index contributed by atoms with van der Waals surface area (Å²) in [5.74, 6) is -0.227. The third-order valence-corrected chi connectivity index (χ3v) is 6.90. The van der Waals surface area contributed by atoms with Crippen molar-refractivity contribution in [1.29, 1.82) is 0 Å². The van der Waals surface area contributed by atoms with Crippen LogP contribution in [0.25, 0.3) is 22.2 Å². The van der Waals surface area contributed by atoms with Crippen LogP contribution in [0.5, 0.6) is 0 Å². The Hall–Kier alpha value is -4.34. The van der Waals surface area contributed by atoms with Gasteiger partial charge in [-0.2, -0.15) is 5.10 Å². The smallest absolute Gasteiger partial charge is 0.314 e. The third-order valence-electron chi connectivity index (χ3n) is 6.90. The summed E-state index contributed by atoms with van der Waals surface area (Å²) in [6, 6.07) is 7.74. The second-order valence-electron chi connectivity index (χ2n) is 9.34. The number of hydrogen-bond donors (Lipinski definition) is 3. The Morgan fingerprint density at radius 2 is 2.00 bits per heavy atom. The molecule has 1 aromatic carbocycles. The molecule has 3 aromatic heterocycles. The van der Waals surface area contributed by atoms with Gasteiger partial charge in [0.1, 0.15) is 0 Å². The molecule has 0 unspecified atom stereocenters. The molecule has 10 heteroatoms. The maximum atomic E-state index is 13.5. The number of hydrogen-bond acceptors (Lipinski definition) is 6. The van der Waals surface area contributed by atoms with Crippen LogP contribution in [0.2, 0.25) is 0 Å². The van der Waals surface area contributed by atoms with Gasteiger partial charge in [0.2, 0.25) is 0 Å². The highest BCUT2D eigenvalue weighted by molar-refractivity contribution is 6.06. The highest BCUT2D eigenvalue weighted by Crippen LogP contribution is 2.29. The number of benzene rings is 1. The van der Waals surface area contributed by atoms with E-state index >= 15 is 0 Å². The molecule has 0 spiro atoms. The second kappa shape index (κ2) is 10.3. The number of anilines is 1. The van der Waals surface area contributed by atoms with Gasteiger partial charge in [-0.1, -0.05) is 23.8 Å². The van der Waals surface area contributed by atoms with E-state index < -0.39 is 6.03 Å². The molecular formula is C27H31N7O3. The van der Waals surface area contributed by atoms with Crippen LogP contribution in [0.4, 0.5) is 10.5 Å². The van der Waals surface area contributed by atoms with E-state index in [1.807, 2.05) is 32.0 Å². The summed E-state index contributed by atoms with van der Waals surface area (Å²) in [7, 11) is 0. The highest BCUT2D eigenvalue weighted by atomic mass is 16.3. The van der Waals surface area contributed by atoms with E-state index in [1.54, 1.807) is 34.5 Å². The number of aromatic nitrogens is 3. The number of nitrogens with two attached hydrogens (primary N) is 1. The van der Waals surface area contributed by atoms with Crippen molar-refractivity contribution in [2.24, 2.45) is 5.73 Å². The predicted octanol–water partition coefficient (Wildman–Crippen LogP) is 3.90. The monoisotopic (exact) mass is 501 g/mol. The molecule has 1 aliphatic rings. The fraction of sp³-hybridized carbons (Fsp3) is 0.333. The molecule has 0 bridgehead atoms. The lowest BCUT2D eigenvalue weighted by Crippen LogP contribution is -2.44. The van der Waals surface area contributed by atoms with Gasteiger partial charge in [-0.25, -0.2) is 14.5 Å². The van der Waals surface area contributed by atoms with E-state index in [0.717, 1.165) is 46.1 Å². The molecule has 0 aliphatic carbocycles. The first-order valence-electron chi connectivity index (χ1n) is 12.5. The van der Waals surface area contributed by atoms with Crippen LogP contribution in [-0.2, 0) is 13.1 Å². The molecule has 0 saturated carbocycles. The molecule has 192 valence electrons. The van der Waals surface area contributed by atoms with Crippen LogP contribution in [0.15, 0.2) is 53.6 Å². The minimum absolute atomic E-state index is 0.0857. The first kappa shape index (κ1) is 24.4. The van der Waals surface area contributed by atoms with E-state index in [1.165, 1.54) is 0 Å². The summed E-state index contributed by atoms with van der Waals surface area (Å²) >= 11 is 0. The average molecular weight is 502 g/mol. The van der Waals surface area contributed by atoms with Crippen molar-refractivity contribution in [1.82, 2.24) is 25.0 Å². The van der Waals surface area contributed by atoms with Crippen LogP contribution < -0.4 is 16.4 Å². The second-order valence-corrected chi connectivity index (χ2v) is 9.34. The molecule has 0 atom stereocenters. The van der Waals surface area contributed by atoms with E-state index in [-0.39, 0.29) is 11.9 Å². The minimum atomic E-state index is -0.403. The number of piperidine rings is 1.